The number of nitrogens with zero attached hydrogens (tertiary/aromatic N) is 5. The van der Waals surface area contributed by atoms with Crippen molar-refractivity contribution in [1.82, 2.24) is 19.9 Å². The van der Waals surface area contributed by atoms with E-state index in [1.54, 1.807) is 39.0 Å². The van der Waals surface area contributed by atoms with Gasteiger partial charge in [-0.15, -0.1) is 0 Å². The fourth-order valence-electron chi connectivity index (χ4n) is 5.59. The molecule has 0 unspecified atom stereocenters. The molecule has 0 bridgehead atoms. The molecule has 2 aliphatic heterocycles. The Morgan fingerprint density at radius 3 is 2.48 bits per heavy atom. The zero-order chi connectivity index (χ0) is 29.5. The van der Waals surface area contributed by atoms with E-state index in [9.17, 15) is 4.57 Å². The van der Waals surface area contributed by atoms with Crippen molar-refractivity contribution >= 4 is 68.2 Å². The molecule has 11 nitrogen and oxygen atoms in total. The number of fused-ring (bicyclic) bond motifs is 1. The van der Waals surface area contributed by atoms with Gasteiger partial charge in [-0.3, -0.25) is 9.97 Å². The number of ether oxygens (including phenoxy) is 3. The Balaban J connectivity index is 1.26. The van der Waals surface area contributed by atoms with Crippen molar-refractivity contribution < 1.29 is 18.8 Å². The highest BCUT2D eigenvalue weighted by molar-refractivity contribution is 9.10. The molecule has 4 heterocycles. The van der Waals surface area contributed by atoms with Crippen LogP contribution in [0.5, 0.6) is 5.75 Å². The van der Waals surface area contributed by atoms with Gasteiger partial charge in [0.05, 0.1) is 47.0 Å². The number of hydrogen-bond donors (Lipinski definition) is 2. The van der Waals surface area contributed by atoms with Gasteiger partial charge in [-0.25, -0.2) is 4.98 Å². The number of nitrogens with one attached hydrogen (secondary N) is 2. The molecule has 6 rings (SSSR count). The van der Waals surface area contributed by atoms with Crippen LogP contribution in [0.4, 0.5) is 28.8 Å². The quantitative estimate of drug-likeness (QED) is 0.243. The van der Waals surface area contributed by atoms with Crippen LogP contribution in [0, 0.1) is 6.92 Å². The second kappa shape index (κ2) is 11.4. The SMILES string of the molecule is COc1cc(N2CCC3(CC2)OCCO3)c(C)cc1Nc1ncc(Br)c(Nc2ccc3nccnc3c2P(C)(C)=O)n1. The first-order valence-electron chi connectivity index (χ1n) is 13.7. The lowest BCUT2D eigenvalue weighted by Crippen LogP contribution is -2.45. The molecule has 220 valence electrons. The van der Waals surface area contributed by atoms with Gasteiger partial charge in [0, 0.05) is 56.3 Å². The number of benzene rings is 2. The summed E-state index contributed by atoms with van der Waals surface area (Å²) in [5.74, 6) is 1.14. The second-order valence-corrected chi connectivity index (χ2v) is 14.8. The molecule has 0 atom stereocenters. The highest BCUT2D eigenvalue weighted by Crippen LogP contribution is 2.42. The van der Waals surface area contributed by atoms with Crippen LogP contribution in [-0.4, -0.2) is 72.5 Å². The molecule has 0 amide bonds. The number of aromatic nitrogens is 4. The number of aryl methyl sites for hydroxylation is 1. The van der Waals surface area contributed by atoms with Gasteiger partial charge in [-0.05, 0) is 59.9 Å². The van der Waals surface area contributed by atoms with E-state index in [1.807, 2.05) is 24.3 Å². The minimum Gasteiger partial charge on any atom is -0.494 e. The van der Waals surface area contributed by atoms with E-state index in [1.165, 1.54) is 0 Å². The van der Waals surface area contributed by atoms with Gasteiger partial charge >= 0.3 is 0 Å². The molecule has 2 N–H and O–H groups in total. The second-order valence-electron chi connectivity index (χ2n) is 10.8. The molecule has 2 aromatic carbocycles. The average molecular weight is 655 g/mol. The van der Waals surface area contributed by atoms with Crippen molar-refractivity contribution in [2.75, 3.05) is 62.3 Å². The first-order valence-corrected chi connectivity index (χ1v) is 17.1. The summed E-state index contributed by atoms with van der Waals surface area (Å²) in [6.45, 7) is 8.54. The standard InChI is InChI=1S/C29H33BrN7O4P/c1-18-15-22(24(39-2)16-23(18)37-11-7-29(8-12-37)40-13-14-41-29)35-28-33-17-19(30)27(36-28)34-21-6-5-20-25(32-10-9-31-20)26(21)42(3,4)38/h5-6,9-10,15-17H,7-8,11-14H2,1-4H3,(H2,33,34,35,36). The molecule has 0 aliphatic carbocycles. The molecule has 42 heavy (non-hydrogen) atoms. The van der Waals surface area contributed by atoms with E-state index in [-0.39, 0.29) is 0 Å². The van der Waals surface area contributed by atoms with Crippen molar-refractivity contribution in [3.8, 4) is 5.75 Å². The van der Waals surface area contributed by atoms with E-state index in [4.69, 9.17) is 19.2 Å². The maximum atomic E-state index is 13.3. The number of halogens is 1. The monoisotopic (exact) mass is 653 g/mol. The largest absolute Gasteiger partial charge is 0.494 e. The Bertz CT molecular complexity index is 1680. The van der Waals surface area contributed by atoms with Crippen LogP contribution >= 0.6 is 23.1 Å². The Labute approximate surface area is 252 Å². The molecule has 13 heteroatoms. The molecule has 2 aromatic heterocycles. The van der Waals surface area contributed by atoms with Crippen LogP contribution in [0.15, 0.2) is 47.3 Å². The first-order chi connectivity index (χ1) is 20.2. The summed E-state index contributed by atoms with van der Waals surface area (Å²) in [5.41, 5.74) is 4.89. The van der Waals surface area contributed by atoms with Crippen LogP contribution in [-0.2, 0) is 14.0 Å². The Morgan fingerprint density at radius 2 is 1.76 bits per heavy atom. The molecule has 1 spiro atoms. The highest BCUT2D eigenvalue weighted by atomic mass is 79.9. The molecule has 0 radical (unpaired) electrons. The third-order valence-corrected chi connectivity index (χ3v) is 9.70. The lowest BCUT2D eigenvalue weighted by molar-refractivity contribution is -0.169. The predicted octanol–water partition coefficient (Wildman–Crippen LogP) is 5.58. The van der Waals surface area contributed by atoms with Crippen LogP contribution in [0.3, 0.4) is 0 Å². The van der Waals surface area contributed by atoms with Crippen molar-refractivity contribution in [2.45, 2.75) is 25.6 Å². The fourth-order valence-corrected chi connectivity index (χ4v) is 7.27. The predicted molar refractivity (Wildman–Crippen MR) is 169 cm³/mol. The topological polar surface area (TPSA) is 124 Å². The minimum absolute atomic E-state index is 0.375. The van der Waals surface area contributed by atoms with Crippen LogP contribution in [0.1, 0.15) is 18.4 Å². The number of piperidine rings is 1. The first kappa shape index (κ1) is 28.8. The Kier molecular flexibility index (Phi) is 7.82. The third kappa shape index (κ3) is 5.68. The van der Waals surface area contributed by atoms with Gasteiger partial charge in [0.15, 0.2) is 5.79 Å². The summed E-state index contributed by atoms with van der Waals surface area (Å²) in [6, 6.07) is 7.80. The zero-order valence-electron chi connectivity index (χ0n) is 24.0. The molecule has 0 saturated carbocycles. The van der Waals surface area contributed by atoms with Gasteiger partial charge < -0.3 is 34.3 Å². The molecule has 4 aromatic rings. The highest BCUT2D eigenvalue weighted by Gasteiger charge is 2.40. The average Bonchev–Trinajstić information content (AvgIpc) is 3.42. The summed E-state index contributed by atoms with van der Waals surface area (Å²) in [6.07, 6.45) is 6.55. The fraction of sp³-hybridized carbons (Fsp3) is 0.379. The van der Waals surface area contributed by atoms with Crippen molar-refractivity contribution in [2.24, 2.45) is 0 Å². The van der Waals surface area contributed by atoms with Crippen LogP contribution < -0.4 is 25.6 Å². The van der Waals surface area contributed by atoms with Crippen molar-refractivity contribution in [3.63, 3.8) is 0 Å². The number of rotatable bonds is 7. The lowest BCUT2D eigenvalue weighted by Gasteiger charge is -2.39. The van der Waals surface area contributed by atoms with Crippen molar-refractivity contribution in [1.29, 1.82) is 0 Å². The van der Waals surface area contributed by atoms with Crippen LogP contribution in [0.2, 0.25) is 0 Å². The van der Waals surface area contributed by atoms with E-state index in [0.717, 1.165) is 42.9 Å². The summed E-state index contributed by atoms with van der Waals surface area (Å²) in [7, 11) is -1.08. The molecule has 2 aliphatic rings. The Morgan fingerprint density at radius 1 is 1.02 bits per heavy atom. The smallest absolute Gasteiger partial charge is 0.229 e. The summed E-state index contributed by atoms with van der Waals surface area (Å²) in [4.78, 5) is 20.4. The molecule has 2 saturated heterocycles. The van der Waals surface area contributed by atoms with Gasteiger partial charge in [0.25, 0.3) is 0 Å². The summed E-state index contributed by atoms with van der Waals surface area (Å²) < 4.78 is 31.6. The zero-order valence-corrected chi connectivity index (χ0v) is 26.5. The third-order valence-electron chi connectivity index (χ3n) is 7.59. The molecular formula is C29H33BrN7O4P. The molecular weight excluding hydrogens is 621 g/mol. The maximum Gasteiger partial charge on any atom is 0.229 e. The summed E-state index contributed by atoms with van der Waals surface area (Å²) in [5, 5.41) is 7.28. The lowest BCUT2D eigenvalue weighted by atomic mass is 10.0. The van der Waals surface area contributed by atoms with Gasteiger partial charge in [-0.2, -0.15) is 4.98 Å². The van der Waals surface area contributed by atoms with Crippen LogP contribution in [0.25, 0.3) is 11.0 Å². The number of methoxy groups -OCH3 is 1. The minimum atomic E-state index is -2.73. The number of anilines is 5. The van der Waals surface area contributed by atoms with Crippen molar-refractivity contribution in [3.05, 3.63) is 52.9 Å². The van der Waals surface area contributed by atoms with Gasteiger partial charge in [-0.1, -0.05) is 0 Å². The van der Waals surface area contributed by atoms with Gasteiger partial charge in [0.1, 0.15) is 24.2 Å². The molecule has 2 fully saturated rings. The van der Waals surface area contributed by atoms with Gasteiger partial charge in [0.2, 0.25) is 5.95 Å². The van der Waals surface area contributed by atoms with E-state index >= 15 is 0 Å². The Hall–Kier alpha value is -3.31. The van der Waals surface area contributed by atoms with E-state index < -0.39 is 12.9 Å². The van der Waals surface area contributed by atoms with E-state index in [2.05, 4.69) is 53.3 Å². The summed E-state index contributed by atoms with van der Waals surface area (Å²) >= 11 is 3.55. The normalized spacial score (nSPS) is 16.6. The maximum absolute atomic E-state index is 13.3. The van der Waals surface area contributed by atoms with E-state index in [0.29, 0.717) is 57.2 Å². The number of hydrogen-bond acceptors (Lipinski definition) is 11.